The highest BCUT2D eigenvalue weighted by atomic mass is 19.4. The number of carboxylic acid groups (broad SMARTS) is 1. The smallest absolute Gasteiger partial charge is 0.416 e. The second kappa shape index (κ2) is 11.4. The van der Waals surface area contributed by atoms with Gasteiger partial charge in [-0.2, -0.15) is 13.2 Å². The standard InChI is InChI=1S/C33H38F3N3O4/c1-31(2,3)24-13-16-32(17-14-24)38-27(23-5-4-6-25(19-23)33(34,35)36)30(43)39(32)28(20-7-8-20)21-9-11-22(12-10-21)29(42)37-18-15-26(40)41/h4-6,9-12,19-20,24,28H,7-8,13-18H2,1-3H3,(H,37,42)(H,40,41). The normalized spacial score (nSPS) is 23.3. The molecule has 3 aliphatic rings. The molecular formula is C33H38F3N3O4. The van der Waals surface area contributed by atoms with E-state index in [2.05, 4.69) is 26.1 Å². The van der Waals surface area contributed by atoms with Crippen molar-refractivity contribution in [1.82, 2.24) is 10.2 Å². The molecule has 230 valence electrons. The van der Waals surface area contributed by atoms with Crippen LogP contribution in [0.1, 0.15) is 98.8 Å². The molecule has 1 spiro atoms. The second-order valence-electron chi connectivity index (χ2n) is 13.1. The number of aliphatic imine (C=N–C) groups is 1. The summed E-state index contributed by atoms with van der Waals surface area (Å²) in [5, 5.41) is 11.4. The van der Waals surface area contributed by atoms with Gasteiger partial charge in [0.25, 0.3) is 11.8 Å². The van der Waals surface area contributed by atoms with E-state index in [0.29, 0.717) is 24.3 Å². The summed E-state index contributed by atoms with van der Waals surface area (Å²) in [5.41, 5.74) is -0.140. The Balaban J connectivity index is 1.49. The first-order valence-electron chi connectivity index (χ1n) is 14.9. The van der Waals surface area contributed by atoms with Gasteiger partial charge in [0.2, 0.25) is 0 Å². The number of amides is 2. The predicted molar refractivity (Wildman–Crippen MR) is 155 cm³/mol. The Bertz CT molecular complexity index is 1420. The van der Waals surface area contributed by atoms with Gasteiger partial charge >= 0.3 is 12.1 Å². The number of carbonyl (C=O) groups excluding carboxylic acids is 2. The summed E-state index contributed by atoms with van der Waals surface area (Å²) < 4.78 is 40.8. The molecule has 2 aromatic carbocycles. The third-order valence-corrected chi connectivity index (χ3v) is 9.15. The summed E-state index contributed by atoms with van der Waals surface area (Å²) in [7, 11) is 0. The maximum atomic E-state index is 14.3. The van der Waals surface area contributed by atoms with Crippen LogP contribution in [0.5, 0.6) is 0 Å². The molecule has 0 radical (unpaired) electrons. The lowest BCUT2D eigenvalue weighted by molar-refractivity contribution is -0.138. The fraction of sp³-hybridized carbons (Fsp3) is 0.515. The average molecular weight is 598 g/mol. The van der Waals surface area contributed by atoms with E-state index < -0.39 is 23.4 Å². The van der Waals surface area contributed by atoms with Crippen molar-refractivity contribution in [3.8, 4) is 0 Å². The van der Waals surface area contributed by atoms with Crippen molar-refractivity contribution in [1.29, 1.82) is 0 Å². The van der Waals surface area contributed by atoms with Gasteiger partial charge in [0.15, 0.2) is 0 Å². The third kappa shape index (κ3) is 6.48. The van der Waals surface area contributed by atoms with Gasteiger partial charge < -0.3 is 15.3 Å². The molecule has 2 fully saturated rings. The van der Waals surface area contributed by atoms with E-state index in [1.54, 1.807) is 12.1 Å². The molecule has 2 amide bonds. The fourth-order valence-corrected chi connectivity index (χ4v) is 6.59. The van der Waals surface area contributed by atoms with Crippen molar-refractivity contribution in [3.05, 3.63) is 70.8 Å². The molecule has 1 unspecified atom stereocenters. The molecule has 1 aliphatic heterocycles. The molecule has 10 heteroatoms. The number of halogens is 3. The van der Waals surface area contributed by atoms with Crippen LogP contribution in [0.3, 0.4) is 0 Å². The highest BCUT2D eigenvalue weighted by molar-refractivity contribution is 6.46. The van der Waals surface area contributed by atoms with Crippen LogP contribution in [0, 0.1) is 17.3 Å². The predicted octanol–water partition coefficient (Wildman–Crippen LogP) is 6.63. The number of hydrogen-bond donors (Lipinski definition) is 2. The number of hydrogen-bond acceptors (Lipinski definition) is 4. The molecule has 0 bridgehead atoms. The number of aliphatic carboxylic acids is 1. The molecule has 2 saturated carbocycles. The van der Waals surface area contributed by atoms with Gasteiger partial charge in [-0.05, 0) is 85.6 Å². The topological polar surface area (TPSA) is 99.1 Å². The zero-order valence-corrected chi connectivity index (χ0v) is 24.7. The summed E-state index contributed by atoms with van der Waals surface area (Å²) in [6.45, 7) is 6.63. The van der Waals surface area contributed by atoms with Gasteiger partial charge in [-0.3, -0.25) is 19.4 Å². The van der Waals surface area contributed by atoms with E-state index in [1.165, 1.54) is 12.1 Å². The Morgan fingerprint density at radius 3 is 2.26 bits per heavy atom. The van der Waals surface area contributed by atoms with E-state index in [-0.39, 0.29) is 53.4 Å². The zero-order valence-electron chi connectivity index (χ0n) is 24.7. The Labute approximate surface area is 249 Å². The van der Waals surface area contributed by atoms with Crippen LogP contribution in [-0.4, -0.2) is 45.7 Å². The van der Waals surface area contributed by atoms with Crippen LogP contribution in [0.15, 0.2) is 53.5 Å². The molecule has 0 aromatic heterocycles. The average Bonchev–Trinajstić information content (AvgIpc) is 3.75. The second-order valence-corrected chi connectivity index (χ2v) is 13.1. The molecule has 2 aliphatic carbocycles. The van der Waals surface area contributed by atoms with Crippen LogP contribution in [-0.2, 0) is 15.8 Å². The minimum absolute atomic E-state index is 0.0105. The van der Waals surface area contributed by atoms with E-state index in [9.17, 15) is 27.6 Å². The van der Waals surface area contributed by atoms with Crippen LogP contribution < -0.4 is 5.32 Å². The first kappa shape index (κ1) is 30.8. The molecule has 43 heavy (non-hydrogen) atoms. The minimum atomic E-state index is -4.54. The monoisotopic (exact) mass is 597 g/mol. The van der Waals surface area contributed by atoms with Crippen molar-refractivity contribution in [3.63, 3.8) is 0 Å². The van der Waals surface area contributed by atoms with E-state index in [0.717, 1.165) is 43.4 Å². The molecular weight excluding hydrogens is 559 g/mol. The van der Waals surface area contributed by atoms with Crippen LogP contribution in [0.4, 0.5) is 13.2 Å². The quantitative estimate of drug-likeness (QED) is 0.357. The third-order valence-electron chi connectivity index (χ3n) is 9.15. The Hall–Kier alpha value is -3.69. The SMILES string of the molecule is CC(C)(C)C1CCC2(CC1)N=C(c1cccc(C(F)(F)F)c1)C(=O)N2C(c1ccc(C(=O)NCCC(=O)O)cc1)C1CC1. The summed E-state index contributed by atoms with van der Waals surface area (Å²) in [6, 6.07) is 11.5. The van der Waals surface area contributed by atoms with Gasteiger partial charge in [-0.25, -0.2) is 0 Å². The highest BCUT2D eigenvalue weighted by Gasteiger charge is 2.55. The summed E-state index contributed by atoms with van der Waals surface area (Å²) in [4.78, 5) is 44.5. The number of carbonyl (C=O) groups is 3. The summed E-state index contributed by atoms with van der Waals surface area (Å²) in [6.07, 6.45) is 0.0261. The highest BCUT2D eigenvalue weighted by Crippen LogP contribution is 2.54. The van der Waals surface area contributed by atoms with E-state index in [1.807, 2.05) is 17.0 Å². The maximum Gasteiger partial charge on any atom is 0.416 e. The van der Waals surface area contributed by atoms with Crippen molar-refractivity contribution in [2.24, 2.45) is 22.2 Å². The number of rotatable bonds is 8. The van der Waals surface area contributed by atoms with Crippen LogP contribution in [0.2, 0.25) is 0 Å². The minimum Gasteiger partial charge on any atom is -0.481 e. The lowest BCUT2D eigenvalue weighted by Gasteiger charge is -2.47. The summed E-state index contributed by atoms with van der Waals surface area (Å²) in [5.74, 6) is -1.15. The molecule has 5 rings (SSSR count). The van der Waals surface area contributed by atoms with Crippen LogP contribution in [0.25, 0.3) is 0 Å². The lowest BCUT2D eigenvalue weighted by atomic mass is 9.69. The van der Waals surface area contributed by atoms with E-state index in [4.69, 9.17) is 10.1 Å². The fourth-order valence-electron chi connectivity index (χ4n) is 6.59. The molecule has 1 atom stereocenters. The van der Waals surface area contributed by atoms with Crippen molar-refractivity contribution >= 4 is 23.5 Å². The lowest BCUT2D eigenvalue weighted by Crippen LogP contribution is -2.52. The van der Waals surface area contributed by atoms with Gasteiger partial charge in [-0.1, -0.05) is 45.0 Å². The Kier molecular flexibility index (Phi) is 8.17. The number of nitrogens with one attached hydrogen (secondary N) is 1. The number of benzene rings is 2. The van der Waals surface area contributed by atoms with Gasteiger partial charge in [0.1, 0.15) is 11.4 Å². The van der Waals surface area contributed by atoms with Crippen LogP contribution >= 0.6 is 0 Å². The molecule has 2 N–H and O–H groups in total. The molecule has 2 aromatic rings. The number of nitrogens with zero attached hydrogens (tertiary/aromatic N) is 2. The van der Waals surface area contributed by atoms with Crippen molar-refractivity contribution < 1.29 is 32.7 Å². The largest absolute Gasteiger partial charge is 0.481 e. The zero-order chi connectivity index (χ0) is 31.2. The van der Waals surface area contributed by atoms with E-state index >= 15 is 0 Å². The van der Waals surface area contributed by atoms with Crippen molar-refractivity contribution in [2.45, 2.75) is 83.6 Å². The molecule has 7 nitrogen and oxygen atoms in total. The number of alkyl halides is 3. The van der Waals surface area contributed by atoms with Gasteiger partial charge in [0.05, 0.1) is 18.0 Å². The maximum absolute atomic E-state index is 14.3. The molecule has 0 saturated heterocycles. The Morgan fingerprint density at radius 1 is 1.05 bits per heavy atom. The molecule has 1 heterocycles. The summed E-state index contributed by atoms with van der Waals surface area (Å²) >= 11 is 0. The van der Waals surface area contributed by atoms with Crippen molar-refractivity contribution in [2.75, 3.05) is 6.54 Å². The van der Waals surface area contributed by atoms with Gasteiger partial charge in [0, 0.05) is 17.7 Å². The van der Waals surface area contributed by atoms with Gasteiger partial charge in [-0.15, -0.1) is 0 Å². The first-order valence-corrected chi connectivity index (χ1v) is 14.9. The Morgan fingerprint density at radius 2 is 1.70 bits per heavy atom. The first-order chi connectivity index (χ1) is 20.2. The number of carboxylic acids is 1.